The fourth-order valence-corrected chi connectivity index (χ4v) is 2.77. The van der Waals surface area contributed by atoms with Gasteiger partial charge >= 0.3 is 0 Å². The van der Waals surface area contributed by atoms with Gasteiger partial charge in [0.25, 0.3) is 0 Å². The van der Waals surface area contributed by atoms with Gasteiger partial charge in [-0.1, -0.05) is 12.1 Å². The Hall–Kier alpha value is -2.45. The molecule has 3 N–H and O–H groups in total. The van der Waals surface area contributed by atoms with Crippen molar-refractivity contribution in [2.45, 2.75) is 25.2 Å². The van der Waals surface area contributed by atoms with E-state index < -0.39 is 15.8 Å². The van der Waals surface area contributed by atoms with E-state index in [2.05, 4.69) is 5.32 Å². The number of aryl methyl sites for hydroxylation is 1. The van der Waals surface area contributed by atoms with Crippen molar-refractivity contribution in [1.29, 1.82) is 0 Å². The van der Waals surface area contributed by atoms with E-state index in [1.54, 1.807) is 26.0 Å². The highest BCUT2D eigenvalue weighted by atomic mass is 32.2. The SMILES string of the molecule is Cc1cc(S(N)(=O)=O)cc(NC(=O)CCOc2ccccc2F)c1C. The summed E-state index contributed by atoms with van der Waals surface area (Å²) < 4.78 is 41.7. The molecule has 0 saturated carbocycles. The van der Waals surface area contributed by atoms with Crippen LogP contribution in [0.4, 0.5) is 10.1 Å². The molecular weight excluding hydrogens is 347 g/mol. The fourth-order valence-electron chi connectivity index (χ4n) is 2.15. The topological polar surface area (TPSA) is 98.5 Å². The summed E-state index contributed by atoms with van der Waals surface area (Å²) in [5.74, 6) is -0.820. The lowest BCUT2D eigenvalue weighted by Crippen LogP contribution is -2.18. The number of hydrogen-bond acceptors (Lipinski definition) is 4. The van der Waals surface area contributed by atoms with E-state index in [0.29, 0.717) is 11.3 Å². The van der Waals surface area contributed by atoms with Crippen molar-refractivity contribution in [1.82, 2.24) is 0 Å². The molecule has 0 spiro atoms. The van der Waals surface area contributed by atoms with Crippen molar-refractivity contribution in [3.8, 4) is 5.75 Å². The van der Waals surface area contributed by atoms with Gasteiger partial charge in [0.05, 0.1) is 17.9 Å². The zero-order valence-electron chi connectivity index (χ0n) is 13.9. The molecule has 0 bridgehead atoms. The number of hydrogen-bond donors (Lipinski definition) is 2. The molecule has 25 heavy (non-hydrogen) atoms. The predicted molar refractivity (Wildman–Crippen MR) is 92.4 cm³/mol. The summed E-state index contributed by atoms with van der Waals surface area (Å²) in [6.45, 7) is 3.47. The normalized spacial score (nSPS) is 11.2. The van der Waals surface area contributed by atoms with Gasteiger partial charge in [-0.3, -0.25) is 4.79 Å². The number of rotatable bonds is 6. The number of nitrogens with one attached hydrogen (secondary N) is 1. The summed E-state index contributed by atoms with van der Waals surface area (Å²) >= 11 is 0. The third-order valence-corrected chi connectivity index (χ3v) is 4.56. The summed E-state index contributed by atoms with van der Waals surface area (Å²) in [6.07, 6.45) is -0.0214. The van der Waals surface area contributed by atoms with Crippen LogP contribution >= 0.6 is 0 Å². The van der Waals surface area contributed by atoms with Crippen LogP contribution in [0, 0.1) is 19.7 Å². The second kappa shape index (κ2) is 7.62. The van der Waals surface area contributed by atoms with Crippen molar-refractivity contribution in [2.75, 3.05) is 11.9 Å². The Morgan fingerprint density at radius 2 is 1.92 bits per heavy atom. The number of para-hydroxylation sites is 1. The highest BCUT2D eigenvalue weighted by Gasteiger charge is 2.14. The summed E-state index contributed by atoms with van der Waals surface area (Å²) in [4.78, 5) is 12.0. The van der Waals surface area contributed by atoms with Gasteiger partial charge in [0, 0.05) is 5.69 Å². The summed E-state index contributed by atoms with van der Waals surface area (Å²) in [7, 11) is -3.88. The summed E-state index contributed by atoms with van der Waals surface area (Å²) in [5, 5.41) is 7.77. The van der Waals surface area contributed by atoms with Gasteiger partial charge < -0.3 is 10.1 Å². The lowest BCUT2D eigenvalue weighted by Gasteiger charge is -2.13. The Kier molecular flexibility index (Phi) is 5.76. The molecule has 0 atom stereocenters. The molecule has 0 aliphatic carbocycles. The molecule has 0 aliphatic heterocycles. The third-order valence-electron chi connectivity index (χ3n) is 3.67. The van der Waals surface area contributed by atoms with Gasteiger partial charge in [0.1, 0.15) is 0 Å². The summed E-state index contributed by atoms with van der Waals surface area (Å²) in [5.41, 5.74) is 1.78. The first-order valence-electron chi connectivity index (χ1n) is 7.49. The van der Waals surface area contributed by atoms with Gasteiger partial charge in [-0.2, -0.15) is 0 Å². The first-order valence-corrected chi connectivity index (χ1v) is 9.04. The van der Waals surface area contributed by atoms with E-state index in [0.717, 1.165) is 5.56 Å². The molecule has 0 aliphatic rings. The number of sulfonamides is 1. The molecule has 134 valence electrons. The van der Waals surface area contributed by atoms with Gasteiger partial charge in [-0.25, -0.2) is 17.9 Å². The van der Waals surface area contributed by atoms with E-state index in [-0.39, 0.29) is 29.6 Å². The lowest BCUT2D eigenvalue weighted by atomic mass is 10.1. The minimum atomic E-state index is -3.88. The van der Waals surface area contributed by atoms with E-state index in [9.17, 15) is 17.6 Å². The predicted octanol–water partition coefficient (Wildman–Crippen LogP) is 2.50. The molecule has 0 fully saturated rings. The number of halogens is 1. The zero-order chi connectivity index (χ0) is 18.6. The van der Waals surface area contributed by atoms with Crippen molar-refractivity contribution >= 4 is 21.6 Å². The number of ether oxygens (including phenoxy) is 1. The first kappa shape index (κ1) is 18.9. The van der Waals surface area contributed by atoms with Crippen LogP contribution in [0.25, 0.3) is 0 Å². The fraction of sp³-hybridized carbons (Fsp3) is 0.235. The Morgan fingerprint density at radius 3 is 2.56 bits per heavy atom. The van der Waals surface area contributed by atoms with Crippen LogP contribution in [0.15, 0.2) is 41.3 Å². The second-order valence-electron chi connectivity index (χ2n) is 5.53. The summed E-state index contributed by atoms with van der Waals surface area (Å²) in [6, 6.07) is 8.66. The van der Waals surface area contributed by atoms with E-state index in [4.69, 9.17) is 9.88 Å². The molecule has 0 unspecified atom stereocenters. The maximum absolute atomic E-state index is 13.4. The van der Waals surface area contributed by atoms with Crippen molar-refractivity contribution in [3.63, 3.8) is 0 Å². The maximum Gasteiger partial charge on any atom is 0.238 e. The molecule has 2 aromatic rings. The quantitative estimate of drug-likeness (QED) is 0.820. The first-order chi connectivity index (χ1) is 11.7. The van der Waals surface area contributed by atoms with Gasteiger partial charge in [0.15, 0.2) is 11.6 Å². The number of primary sulfonamides is 1. The minimum absolute atomic E-state index is 0.0142. The van der Waals surface area contributed by atoms with Crippen molar-refractivity contribution in [3.05, 3.63) is 53.3 Å². The third kappa shape index (κ3) is 5.01. The number of nitrogens with two attached hydrogens (primary N) is 1. The minimum Gasteiger partial charge on any atom is -0.490 e. The van der Waals surface area contributed by atoms with Crippen LogP contribution in [0.1, 0.15) is 17.5 Å². The van der Waals surface area contributed by atoms with Gasteiger partial charge in [-0.15, -0.1) is 0 Å². The Morgan fingerprint density at radius 1 is 1.24 bits per heavy atom. The standard InChI is InChI=1S/C17H19FN2O4S/c1-11-9-13(25(19,22)23)10-15(12(11)2)20-17(21)7-8-24-16-6-4-3-5-14(16)18/h3-6,9-10H,7-8H2,1-2H3,(H,20,21)(H2,19,22,23). The Balaban J connectivity index is 2.03. The lowest BCUT2D eigenvalue weighted by molar-refractivity contribution is -0.116. The van der Waals surface area contributed by atoms with E-state index in [1.165, 1.54) is 24.3 Å². The molecule has 2 rings (SSSR count). The van der Waals surface area contributed by atoms with Crippen LogP contribution in [0.5, 0.6) is 5.75 Å². The molecule has 6 nitrogen and oxygen atoms in total. The second-order valence-corrected chi connectivity index (χ2v) is 7.10. The maximum atomic E-state index is 13.4. The number of anilines is 1. The molecule has 0 saturated heterocycles. The highest BCUT2D eigenvalue weighted by molar-refractivity contribution is 7.89. The van der Waals surface area contributed by atoms with Crippen LogP contribution in [0.2, 0.25) is 0 Å². The monoisotopic (exact) mass is 366 g/mol. The largest absolute Gasteiger partial charge is 0.490 e. The van der Waals surface area contributed by atoms with Crippen LogP contribution in [-0.4, -0.2) is 20.9 Å². The number of benzene rings is 2. The van der Waals surface area contributed by atoms with Crippen LogP contribution in [-0.2, 0) is 14.8 Å². The van der Waals surface area contributed by atoms with Gasteiger partial charge in [-0.05, 0) is 49.2 Å². The van der Waals surface area contributed by atoms with E-state index >= 15 is 0 Å². The molecule has 2 aromatic carbocycles. The molecule has 0 aromatic heterocycles. The van der Waals surface area contributed by atoms with Gasteiger partial charge in [0.2, 0.25) is 15.9 Å². The van der Waals surface area contributed by atoms with Crippen LogP contribution in [0.3, 0.4) is 0 Å². The molecule has 8 heteroatoms. The Bertz CT molecular complexity index is 898. The van der Waals surface area contributed by atoms with Crippen molar-refractivity contribution in [2.24, 2.45) is 5.14 Å². The smallest absolute Gasteiger partial charge is 0.238 e. The molecular formula is C17H19FN2O4S. The average Bonchev–Trinajstić information content (AvgIpc) is 2.52. The number of carbonyl (C=O) groups excluding carboxylic acids is 1. The number of amides is 1. The van der Waals surface area contributed by atoms with Crippen molar-refractivity contribution < 1.29 is 22.3 Å². The zero-order valence-corrected chi connectivity index (χ0v) is 14.7. The van der Waals surface area contributed by atoms with E-state index in [1.807, 2.05) is 0 Å². The molecule has 1 amide bonds. The average molecular weight is 366 g/mol. The highest BCUT2D eigenvalue weighted by Crippen LogP contribution is 2.23. The Labute approximate surface area is 145 Å². The van der Waals surface area contributed by atoms with Crippen LogP contribution < -0.4 is 15.2 Å². The molecule has 0 heterocycles. The number of carbonyl (C=O) groups is 1. The molecule has 0 radical (unpaired) electrons.